The number of hydrogen-bond acceptors (Lipinski definition) is 2. The normalized spacial score (nSPS) is 23.6. The Bertz CT molecular complexity index is 148. The molecule has 1 heterocycles. The van der Waals surface area contributed by atoms with Gasteiger partial charge in [-0.1, -0.05) is 20.4 Å². The molecule has 0 amide bonds. The van der Waals surface area contributed by atoms with E-state index >= 15 is 0 Å². The SMILES string of the molecule is C=C1COCOC1(CC)CC. The maximum atomic E-state index is 5.55. The van der Waals surface area contributed by atoms with E-state index in [0.717, 1.165) is 18.4 Å². The fourth-order valence-electron chi connectivity index (χ4n) is 1.51. The third kappa shape index (κ3) is 1.47. The van der Waals surface area contributed by atoms with Gasteiger partial charge in [0.25, 0.3) is 0 Å². The predicted molar refractivity (Wildman–Crippen MR) is 44.4 cm³/mol. The van der Waals surface area contributed by atoms with E-state index in [9.17, 15) is 0 Å². The highest BCUT2D eigenvalue weighted by Crippen LogP contribution is 2.31. The van der Waals surface area contributed by atoms with Crippen LogP contribution in [0, 0.1) is 0 Å². The van der Waals surface area contributed by atoms with Crippen LogP contribution in [0.2, 0.25) is 0 Å². The summed E-state index contributed by atoms with van der Waals surface area (Å²) in [6, 6.07) is 0. The van der Waals surface area contributed by atoms with E-state index < -0.39 is 0 Å². The molecule has 1 saturated heterocycles. The molecule has 2 heteroatoms. The molecule has 0 unspecified atom stereocenters. The first-order valence-electron chi connectivity index (χ1n) is 4.15. The van der Waals surface area contributed by atoms with Gasteiger partial charge < -0.3 is 9.47 Å². The van der Waals surface area contributed by atoms with Gasteiger partial charge in [0, 0.05) is 0 Å². The predicted octanol–water partition coefficient (Wildman–Crippen LogP) is 2.11. The molecule has 1 aliphatic rings. The minimum atomic E-state index is -0.0990. The minimum Gasteiger partial charge on any atom is -0.351 e. The molecule has 1 aliphatic heterocycles. The first kappa shape index (κ1) is 8.75. The van der Waals surface area contributed by atoms with E-state index in [0.29, 0.717) is 13.4 Å². The fourth-order valence-corrected chi connectivity index (χ4v) is 1.51. The van der Waals surface area contributed by atoms with Crippen molar-refractivity contribution in [2.45, 2.75) is 32.3 Å². The van der Waals surface area contributed by atoms with Crippen LogP contribution < -0.4 is 0 Å². The van der Waals surface area contributed by atoms with Gasteiger partial charge in [0.05, 0.1) is 12.2 Å². The molecule has 0 aromatic rings. The van der Waals surface area contributed by atoms with Crippen molar-refractivity contribution in [3.63, 3.8) is 0 Å². The van der Waals surface area contributed by atoms with Crippen LogP contribution >= 0.6 is 0 Å². The Labute approximate surface area is 68.2 Å². The highest BCUT2D eigenvalue weighted by Gasteiger charge is 2.33. The summed E-state index contributed by atoms with van der Waals surface area (Å²) < 4.78 is 10.7. The van der Waals surface area contributed by atoms with E-state index in [1.807, 2.05) is 0 Å². The first-order valence-corrected chi connectivity index (χ1v) is 4.15. The van der Waals surface area contributed by atoms with Gasteiger partial charge in [0.1, 0.15) is 6.79 Å². The molecule has 0 saturated carbocycles. The monoisotopic (exact) mass is 156 g/mol. The van der Waals surface area contributed by atoms with Crippen molar-refractivity contribution in [3.8, 4) is 0 Å². The number of ether oxygens (including phenoxy) is 2. The van der Waals surface area contributed by atoms with Crippen LogP contribution in [0.4, 0.5) is 0 Å². The summed E-state index contributed by atoms with van der Waals surface area (Å²) >= 11 is 0. The van der Waals surface area contributed by atoms with Gasteiger partial charge in [-0.05, 0) is 18.4 Å². The van der Waals surface area contributed by atoms with Crippen LogP contribution in [0.15, 0.2) is 12.2 Å². The van der Waals surface area contributed by atoms with Crippen LogP contribution in [0.25, 0.3) is 0 Å². The van der Waals surface area contributed by atoms with Crippen molar-refractivity contribution < 1.29 is 9.47 Å². The molecular formula is C9H16O2. The molecule has 0 N–H and O–H groups in total. The largest absolute Gasteiger partial charge is 0.351 e. The molecule has 1 fully saturated rings. The minimum absolute atomic E-state index is 0.0990. The van der Waals surface area contributed by atoms with Crippen LogP contribution in [-0.2, 0) is 9.47 Å². The lowest BCUT2D eigenvalue weighted by Gasteiger charge is -2.37. The Kier molecular flexibility index (Phi) is 2.68. The van der Waals surface area contributed by atoms with Crippen LogP contribution in [-0.4, -0.2) is 19.0 Å². The van der Waals surface area contributed by atoms with E-state index in [2.05, 4.69) is 20.4 Å². The molecule has 0 atom stereocenters. The summed E-state index contributed by atoms with van der Waals surface area (Å²) in [4.78, 5) is 0. The molecular weight excluding hydrogens is 140 g/mol. The second kappa shape index (κ2) is 3.37. The van der Waals surface area contributed by atoms with Crippen molar-refractivity contribution in [2.75, 3.05) is 13.4 Å². The molecule has 2 nitrogen and oxygen atoms in total. The topological polar surface area (TPSA) is 18.5 Å². The molecule has 11 heavy (non-hydrogen) atoms. The van der Waals surface area contributed by atoms with Gasteiger partial charge in [0.2, 0.25) is 0 Å². The standard InChI is InChI=1S/C9H16O2/c1-4-9(5-2)8(3)6-10-7-11-9/h3-7H2,1-2H3. The van der Waals surface area contributed by atoms with Gasteiger partial charge in [-0.15, -0.1) is 0 Å². The lowest BCUT2D eigenvalue weighted by Crippen LogP contribution is -2.39. The van der Waals surface area contributed by atoms with Crippen molar-refractivity contribution in [2.24, 2.45) is 0 Å². The van der Waals surface area contributed by atoms with Crippen LogP contribution in [0.1, 0.15) is 26.7 Å². The highest BCUT2D eigenvalue weighted by molar-refractivity contribution is 5.14. The van der Waals surface area contributed by atoms with Crippen molar-refractivity contribution in [1.82, 2.24) is 0 Å². The van der Waals surface area contributed by atoms with E-state index in [1.54, 1.807) is 0 Å². The van der Waals surface area contributed by atoms with Gasteiger partial charge in [-0.2, -0.15) is 0 Å². The quantitative estimate of drug-likeness (QED) is 0.570. The van der Waals surface area contributed by atoms with Crippen LogP contribution in [0.3, 0.4) is 0 Å². The van der Waals surface area contributed by atoms with Gasteiger partial charge in [-0.3, -0.25) is 0 Å². The summed E-state index contributed by atoms with van der Waals surface area (Å²) in [5.74, 6) is 0. The summed E-state index contributed by atoms with van der Waals surface area (Å²) in [6.07, 6.45) is 1.98. The Balaban J connectivity index is 2.69. The third-order valence-corrected chi connectivity index (χ3v) is 2.48. The third-order valence-electron chi connectivity index (χ3n) is 2.48. The summed E-state index contributed by atoms with van der Waals surface area (Å²) in [5.41, 5.74) is 0.979. The number of hydrogen-bond donors (Lipinski definition) is 0. The average Bonchev–Trinajstić information content (AvgIpc) is 2.06. The average molecular weight is 156 g/mol. The Morgan fingerprint density at radius 2 is 2.09 bits per heavy atom. The van der Waals surface area contributed by atoms with E-state index in [1.165, 1.54) is 0 Å². The lowest BCUT2D eigenvalue weighted by atomic mass is 9.89. The van der Waals surface area contributed by atoms with Gasteiger partial charge in [0.15, 0.2) is 0 Å². The molecule has 0 aromatic heterocycles. The summed E-state index contributed by atoms with van der Waals surface area (Å²) in [7, 11) is 0. The molecule has 64 valence electrons. The Morgan fingerprint density at radius 3 is 2.45 bits per heavy atom. The summed E-state index contributed by atoms with van der Waals surface area (Å²) in [5, 5.41) is 0. The van der Waals surface area contributed by atoms with Crippen LogP contribution in [0.5, 0.6) is 0 Å². The second-order valence-electron chi connectivity index (χ2n) is 2.92. The highest BCUT2D eigenvalue weighted by atomic mass is 16.7. The molecule has 0 spiro atoms. The molecule has 0 aromatic carbocycles. The molecule has 0 bridgehead atoms. The van der Waals surface area contributed by atoms with E-state index in [4.69, 9.17) is 9.47 Å². The second-order valence-corrected chi connectivity index (χ2v) is 2.92. The molecule has 1 rings (SSSR count). The van der Waals surface area contributed by atoms with Gasteiger partial charge >= 0.3 is 0 Å². The maximum absolute atomic E-state index is 5.55. The van der Waals surface area contributed by atoms with Gasteiger partial charge in [-0.25, -0.2) is 0 Å². The molecule has 0 radical (unpaired) electrons. The van der Waals surface area contributed by atoms with E-state index in [-0.39, 0.29) is 5.60 Å². The summed E-state index contributed by atoms with van der Waals surface area (Å²) in [6.45, 7) is 9.28. The zero-order valence-corrected chi connectivity index (χ0v) is 7.35. The number of rotatable bonds is 2. The Hall–Kier alpha value is -0.340. The zero-order valence-electron chi connectivity index (χ0n) is 7.35. The lowest BCUT2D eigenvalue weighted by molar-refractivity contribution is -0.161. The Morgan fingerprint density at radius 1 is 1.45 bits per heavy atom. The fraction of sp³-hybridized carbons (Fsp3) is 0.778. The molecule has 0 aliphatic carbocycles. The van der Waals surface area contributed by atoms with Crippen molar-refractivity contribution in [3.05, 3.63) is 12.2 Å². The maximum Gasteiger partial charge on any atom is 0.148 e. The first-order chi connectivity index (χ1) is 5.25. The van der Waals surface area contributed by atoms with Crippen molar-refractivity contribution in [1.29, 1.82) is 0 Å². The van der Waals surface area contributed by atoms with Crippen molar-refractivity contribution >= 4 is 0 Å². The zero-order chi connectivity index (χ0) is 8.32. The smallest absolute Gasteiger partial charge is 0.148 e.